The van der Waals surface area contributed by atoms with E-state index >= 15 is 4.39 Å². The van der Waals surface area contributed by atoms with Crippen LogP contribution < -0.4 is 4.90 Å². The Balaban J connectivity index is 1.69. The highest BCUT2D eigenvalue weighted by molar-refractivity contribution is 7.92. The van der Waals surface area contributed by atoms with Crippen LogP contribution in [0.5, 0.6) is 0 Å². The average Bonchev–Trinajstić information content (AvgIpc) is 3.32. The molecule has 3 heterocycles. The van der Waals surface area contributed by atoms with E-state index in [0.29, 0.717) is 6.07 Å². The number of carbonyl (C=O) groups excluding carboxylic acids is 1. The van der Waals surface area contributed by atoms with Crippen LogP contribution in [-0.2, 0) is 34.8 Å². The Morgan fingerprint density at radius 3 is 2.09 bits per heavy atom. The molecule has 2 saturated heterocycles. The number of hydrogen-bond acceptors (Lipinski definition) is 6. The normalized spacial score (nSPS) is 28.0. The van der Waals surface area contributed by atoms with E-state index in [-0.39, 0.29) is 55.5 Å². The number of nitrogens with zero attached hydrogens (tertiary/aromatic N) is 2. The molecule has 0 spiro atoms. The summed E-state index contributed by atoms with van der Waals surface area (Å²) >= 11 is 0. The van der Waals surface area contributed by atoms with Crippen LogP contribution in [-0.4, -0.2) is 73.5 Å². The molecule has 5 rings (SSSR count). The number of benzene rings is 2. The molecule has 0 saturated carbocycles. The number of amides is 1. The highest BCUT2D eigenvalue weighted by atomic mass is 32.2. The van der Waals surface area contributed by atoms with Gasteiger partial charge in [0.15, 0.2) is 9.84 Å². The van der Waals surface area contributed by atoms with Crippen molar-refractivity contribution in [3.63, 3.8) is 0 Å². The molecule has 0 aliphatic carbocycles. The zero-order chi connectivity index (χ0) is 32.7. The van der Waals surface area contributed by atoms with Gasteiger partial charge in [0.1, 0.15) is 10.6 Å². The Kier molecular flexibility index (Phi) is 7.59. The number of hydrogen-bond donors (Lipinski definition) is 1. The molecule has 3 aliphatic rings. The van der Waals surface area contributed by atoms with Crippen molar-refractivity contribution >= 4 is 31.2 Å². The van der Waals surface area contributed by atoms with Crippen molar-refractivity contribution in [2.24, 2.45) is 5.92 Å². The summed E-state index contributed by atoms with van der Waals surface area (Å²) in [7, 11) is -6.22. The smallest absolute Gasteiger partial charge is 0.372 e. The fraction of sp³-hybridized carbons (Fsp3) is 0.519. The van der Waals surface area contributed by atoms with Crippen LogP contribution in [0.15, 0.2) is 47.4 Å². The van der Waals surface area contributed by atoms with Gasteiger partial charge in [-0.05, 0) is 55.2 Å². The van der Waals surface area contributed by atoms with Crippen molar-refractivity contribution in [2.75, 3.05) is 36.5 Å². The van der Waals surface area contributed by atoms with Gasteiger partial charge in [-0.1, -0.05) is 12.1 Å². The van der Waals surface area contributed by atoms with Gasteiger partial charge in [-0.15, -0.1) is 0 Å². The molecule has 2 unspecified atom stereocenters. The number of likely N-dealkylation sites (N-methyl/N-ethyl adjacent to an activating group) is 1. The van der Waals surface area contributed by atoms with E-state index in [0.717, 1.165) is 30.3 Å². The van der Waals surface area contributed by atoms with E-state index in [1.54, 1.807) is 0 Å². The Hall–Kier alpha value is -2.95. The van der Waals surface area contributed by atoms with Crippen LogP contribution in [0.1, 0.15) is 30.4 Å². The molecule has 242 valence electrons. The summed E-state index contributed by atoms with van der Waals surface area (Å²) in [5.41, 5.74) is -8.18. The number of sulfone groups is 1. The quantitative estimate of drug-likeness (QED) is 0.352. The van der Waals surface area contributed by atoms with Gasteiger partial charge in [0.25, 0.3) is 0 Å². The fourth-order valence-corrected chi connectivity index (χ4v) is 10.5. The topological polar surface area (TPSA) is 98.6 Å². The second-order valence-electron chi connectivity index (χ2n) is 11.4. The molecule has 3 aliphatic heterocycles. The highest BCUT2D eigenvalue weighted by Crippen LogP contribution is 2.57. The van der Waals surface area contributed by atoms with Crippen molar-refractivity contribution in [2.45, 2.75) is 53.0 Å². The number of likely N-dealkylation sites (tertiary alicyclic amines) is 1. The van der Waals surface area contributed by atoms with Gasteiger partial charge in [0.2, 0.25) is 5.91 Å². The fourth-order valence-electron chi connectivity index (χ4n) is 6.63. The Labute approximate surface area is 248 Å². The van der Waals surface area contributed by atoms with Gasteiger partial charge in [0.05, 0.1) is 10.9 Å². The molecule has 0 radical (unpaired) electrons. The first-order valence-corrected chi connectivity index (χ1v) is 16.8. The summed E-state index contributed by atoms with van der Waals surface area (Å²) < 4.78 is 157. The molecule has 2 fully saturated rings. The summed E-state index contributed by atoms with van der Waals surface area (Å²) in [6, 6.07) is 3.82. The van der Waals surface area contributed by atoms with Crippen molar-refractivity contribution in [1.82, 2.24) is 4.90 Å². The summed E-state index contributed by atoms with van der Waals surface area (Å²) in [6.45, 7) is -0.522. The molecule has 0 bridgehead atoms. The second-order valence-corrected chi connectivity index (χ2v) is 16.1. The molecular weight excluding hydrogens is 646 g/mol. The van der Waals surface area contributed by atoms with Crippen LogP contribution in [0.25, 0.3) is 0 Å². The zero-order valence-electron chi connectivity index (χ0n) is 23.0. The predicted molar refractivity (Wildman–Crippen MR) is 143 cm³/mol. The molecule has 2 atom stereocenters. The van der Waals surface area contributed by atoms with E-state index in [4.69, 9.17) is 4.78 Å². The van der Waals surface area contributed by atoms with Gasteiger partial charge >= 0.3 is 18.0 Å². The molecular formula is C27H27F8N3O4S2. The maximum absolute atomic E-state index is 15.1. The standard InChI is InChI=1S/C27H27F8N3O4S2/c1-37-15-22-24(44(41,42)19-5-3-18(28)4-6-19,10-11-38(22)23(39)16-8-12-43(36,40)13-9-16)20-7-2-17(14-21(20)37)25(29,26(30,31)32)27(33,34)35/h2-7,14,16,22,36H,8-13,15H2,1H3. The lowest BCUT2D eigenvalue weighted by atomic mass is 9.82. The highest BCUT2D eigenvalue weighted by Gasteiger charge is 2.74. The SMILES string of the molecule is CN1CC2N(C(=O)C3CCS(=N)(=O)CC3)CCC2(S(=O)(=O)c2ccc(F)cc2)c2ccc(C(F)(C(F)(F)F)C(F)(F)F)cc21. The molecule has 7 nitrogen and oxygen atoms in total. The maximum atomic E-state index is 15.1. The molecule has 0 aromatic heterocycles. The first kappa shape index (κ1) is 32.4. The third kappa shape index (κ3) is 4.75. The van der Waals surface area contributed by atoms with E-state index < -0.39 is 82.2 Å². The minimum atomic E-state index is -6.40. The second kappa shape index (κ2) is 10.3. The van der Waals surface area contributed by atoms with Crippen molar-refractivity contribution < 1.29 is 52.5 Å². The van der Waals surface area contributed by atoms with Gasteiger partial charge in [-0.2, -0.15) is 26.3 Å². The predicted octanol–water partition coefficient (Wildman–Crippen LogP) is 5.29. The summed E-state index contributed by atoms with van der Waals surface area (Å²) in [4.78, 5) is 15.8. The van der Waals surface area contributed by atoms with E-state index in [1.165, 1.54) is 16.8 Å². The van der Waals surface area contributed by atoms with Crippen molar-refractivity contribution in [3.8, 4) is 0 Å². The van der Waals surface area contributed by atoms with Crippen molar-refractivity contribution in [3.05, 3.63) is 59.4 Å². The molecule has 2 aromatic carbocycles. The van der Waals surface area contributed by atoms with E-state index in [1.807, 2.05) is 0 Å². The Bertz CT molecular complexity index is 1670. The first-order chi connectivity index (χ1) is 20.2. The minimum absolute atomic E-state index is 0.0319. The average molecular weight is 674 g/mol. The van der Waals surface area contributed by atoms with E-state index in [9.17, 15) is 48.2 Å². The summed E-state index contributed by atoms with van der Waals surface area (Å²) in [6.07, 6.45) is -12.9. The van der Waals surface area contributed by atoms with Gasteiger partial charge in [-0.25, -0.2) is 21.4 Å². The lowest BCUT2D eigenvalue weighted by Gasteiger charge is -2.47. The number of halogens is 8. The lowest BCUT2D eigenvalue weighted by Crippen LogP contribution is -2.58. The summed E-state index contributed by atoms with van der Waals surface area (Å²) in [5, 5.41) is 0. The van der Waals surface area contributed by atoms with Gasteiger partial charge in [-0.3, -0.25) is 9.57 Å². The third-order valence-corrected chi connectivity index (χ3v) is 13.3. The summed E-state index contributed by atoms with van der Waals surface area (Å²) in [5.74, 6) is -1.99. The van der Waals surface area contributed by atoms with Crippen LogP contribution in [0, 0.1) is 16.5 Å². The van der Waals surface area contributed by atoms with E-state index in [2.05, 4.69) is 0 Å². The number of nitrogens with one attached hydrogen (secondary N) is 1. The Morgan fingerprint density at radius 1 is 0.977 bits per heavy atom. The van der Waals surface area contributed by atoms with Crippen LogP contribution in [0.2, 0.25) is 0 Å². The zero-order valence-corrected chi connectivity index (χ0v) is 24.6. The first-order valence-electron chi connectivity index (χ1n) is 13.4. The third-order valence-electron chi connectivity index (χ3n) is 8.96. The Morgan fingerprint density at radius 2 is 1.55 bits per heavy atom. The molecule has 1 amide bonds. The minimum Gasteiger partial charge on any atom is -0.372 e. The molecule has 2 aromatic rings. The van der Waals surface area contributed by atoms with Gasteiger partial charge < -0.3 is 9.80 Å². The monoisotopic (exact) mass is 673 g/mol. The van der Waals surface area contributed by atoms with Crippen molar-refractivity contribution in [1.29, 1.82) is 4.78 Å². The molecule has 44 heavy (non-hydrogen) atoms. The largest absolute Gasteiger partial charge is 0.435 e. The number of rotatable bonds is 4. The number of fused-ring (bicyclic) bond motifs is 3. The maximum Gasteiger partial charge on any atom is 0.435 e. The molecule has 17 heteroatoms. The van der Waals surface area contributed by atoms with Crippen LogP contribution in [0.3, 0.4) is 0 Å². The molecule has 1 N–H and O–H groups in total. The number of carbonyl (C=O) groups is 1. The van der Waals surface area contributed by atoms with Crippen LogP contribution in [0.4, 0.5) is 40.8 Å². The lowest BCUT2D eigenvalue weighted by molar-refractivity contribution is -0.348. The van der Waals surface area contributed by atoms with Crippen LogP contribution >= 0.6 is 0 Å². The number of alkyl halides is 7. The van der Waals surface area contributed by atoms with Gasteiger partial charge in [0, 0.05) is 58.5 Å². The number of anilines is 1.